The van der Waals surface area contributed by atoms with Gasteiger partial charge in [0.25, 0.3) is 0 Å². The van der Waals surface area contributed by atoms with Crippen molar-refractivity contribution in [1.29, 1.82) is 5.26 Å². The normalized spacial score (nSPS) is 15.0. The predicted molar refractivity (Wildman–Crippen MR) is 60.6 cm³/mol. The first-order valence-electron chi connectivity index (χ1n) is 4.31. The lowest BCUT2D eigenvalue weighted by molar-refractivity contribution is 0.101. The van der Waals surface area contributed by atoms with Gasteiger partial charge in [0.05, 0.1) is 10.5 Å². The Kier molecular flexibility index (Phi) is 3.19. The minimum absolute atomic E-state index is 0.206. The highest BCUT2D eigenvalue weighted by Crippen LogP contribution is 2.39. The zero-order valence-electron chi connectivity index (χ0n) is 7.73. The van der Waals surface area contributed by atoms with Crippen LogP contribution in [0, 0.1) is 11.3 Å². The molecule has 0 atom stereocenters. The van der Waals surface area contributed by atoms with Crippen molar-refractivity contribution in [3.8, 4) is 6.07 Å². The van der Waals surface area contributed by atoms with Crippen molar-refractivity contribution in [2.75, 3.05) is 11.5 Å². The third-order valence-corrected chi connectivity index (χ3v) is 4.55. The SMILES string of the molecule is N#CC(C(=O)c1ccco1)=C1SCCS1. The third kappa shape index (κ3) is 2.11. The van der Waals surface area contributed by atoms with Crippen LogP contribution in [0.15, 0.2) is 32.6 Å². The highest BCUT2D eigenvalue weighted by molar-refractivity contribution is 8.25. The van der Waals surface area contributed by atoms with E-state index in [0.717, 1.165) is 15.7 Å². The molecule has 2 rings (SSSR count). The maximum atomic E-state index is 11.8. The molecule has 0 radical (unpaired) electrons. The van der Waals surface area contributed by atoms with Gasteiger partial charge in [-0.2, -0.15) is 5.26 Å². The Morgan fingerprint density at radius 3 is 2.73 bits per heavy atom. The Morgan fingerprint density at radius 1 is 1.47 bits per heavy atom. The molecular weight excluding hydrogens is 230 g/mol. The monoisotopic (exact) mass is 237 g/mol. The second-order valence-corrected chi connectivity index (χ2v) is 5.25. The summed E-state index contributed by atoms with van der Waals surface area (Å²) in [6.45, 7) is 0. The van der Waals surface area contributed by atoms with Gasteiger partial charge in [-0.25, -0.2) is 0 Å². The number of hydrogen-bond acceptors (Lipinski definition) is 5. The maximum absolute atomic E-state index is 11.8. The molecule has 76 valence electrons. The number of allylic oxidation sites excluding steroid dienone is 1. The Bertz CT molecular complexity index is 434. The lowest BCUT2D eigenvalue weighted by Gasteiger charge is -1.98. The molecule has 0 N–H and O–H groups in total. The highest BCUT2D eigenvalue weighted by atomic mass is 32.2. The van der Waals surface area contributed by atoms with E-state index in [1.165, 1.54) is 6.26 Å². The summed E-state index contributed by atoms with van der Waals surface area (Å²) in [7, 11) is 0. The van der Waals surface area contributed by atoms with E-state index in [9.17, 15) is 4.79 Å². The number of Topliss-reactive ketones (excluding diaryl/α,β-unsaturated/α-hetero) is 1. The van der Waals surface area contributed by atoms with Gasteiger partial charge >= 0.3 is 0 Å². The molecule has 0 spiro atoms. The van der Waals surface area contributed by atoms with Crippen LogP contribution in [0.25, 0.3) is 0 Å². The molecule has 1 aromatic heterocycles. The molecule has 1 fully saturated rings. The molecule has 2 heterocycles. The summed E-state index contributed by atoms with van der Waals surface area (Å²) in [4.78, 5) is 11.8. The third-order valence-electron chi connectivity index (χ3n) is 1.84. The van der Waals surface area contributed by atoms with Gasteiger partial charge in [-0.15, -0.1) is 23.5 Å². The van der Waals surface area contributed by atoms with Crippen molar-refractivity contribution in [3.05, 3.63) is 34.0 Å². The van der Waals surface area contributed by atoms with Crippen molar-refractivity contribution in [2.24, 2.45) is 0 Å². The number of ketones is 1. The lowest BCUT2D eigenvalue weighted by atomic mass is 10.2. The fraction of sp³-hybridized carbons (Fsp3) is 0.200. The topological polar surface area (TPSA) is 54.0 Å². The van der Waals surface area contributed by atoms with Crippen molar-refractivity contribution in [2.45, 2.75) is 0 Å². The largest absolute Gasteiger partial charge is 0.461 e. The number of furan rings is 1. The molecule has 0 aromatic carbocycles. The molecule has 0 amide bonds. The number of thioether (sulfide) groups is 2. The van der Waals surface area contributed by atoms with Gasteiger partial charge in [0.1, 0.15) is 11.6 Å². The molecule has 5 heteroatoms. The van der Waals surface area contributed by atoms with E-state index < -0.39 is 0 Å². The molecule has 0 aliphatic carbocycles. The lowest BCUT2D eigenvalue weighted by Crippen LogP contribution is -2.01. The molecule has 0 saturated carbocycles. The Labute approximate surface area is 95.5 Å². The minimum atomic E-state index is -0.320. The van der Waals surface area contributed by atoms with Crippen molar-refractivity contribution >= 4 is 29.3 Å². The first-order valence-corrected chi connectivity index (χ1v) is 6.28. The summed E-state index contributed by atoms with van der Waals surface area (Å²) in [6, 6.07) is 5.18. The quantitative estimate of drug-likeness (QED) is 0.449. The minimum Gasteiger partial charge on any atom is -0.461 e. The van der Waals surface area contributed by atoms with Crippen LogP contribution in [0.5, 0.6) is 0 Å². The Hall–Kier alpha value is -1.12. The second-order valence-electron chi connectivity index (χ2n) is 2.78. The summed E-state index contributed by atoms with van der Waals surface area (Å²) < 4.78 is 5.80. The van der Waals surface area contributed by atoms with E-state index in [4.69, 9.17) is 9.68 Å². The number of carbonyl (C=O) groups excluding carboxylic acids is 1. The zero-order chi connectivity index (χ0) is 10.7. The van der Waals surface area contributed by atoms with Crippen LogP contribution >= 0.6 is 23.5 Å². The van der Waals surface area contributed by atoms with Crippen LogP contribution in [-0.2, 0) is 0 Å². The van der Waals surface area contributed by atoms with Crippen LogP contribution < -0.4 is 0 Å². The molecule has 0 unspecified atom stereocenters. The molecule has 1 aliphatic heterocycles. The summed E-state index contributed by atoms with van der Waals surface area (Å²) in [5.74, 6) is 1.82. The summed E-state index contributed by atoms with van der Waals surface area (Å²) in [6.07, 6.45) is 1.43. The van der Waals surface area contributed by atoms with Gasteiger partial charge in [0.15, 0.2) is 5.76 Å². The summed E-state index contributed by atoms with van der Waals surface area (Å²) in [5.41, 5.74) is 0.206. The predicted octanol–water partition coefficient (Wildman–Crippen LogP) is 2.68. The standard InChI is InChI=1S/C10H7NO2S2/c11-6-7(10-14-4-5-15-10)9(12)8-2-1-3-13-8/h1-3H,4-5H2. The summed E-state index contributed by atoms with van der Waals surface area (Å²) >= 11 is 3.12. The molecule has 0 bridgehead atoms. The van der Waals surface area contributed by atoms with Gasteiger partial charge in [-0.05, 0) is 12.1 Å². The fourth-order valence-electron chi connectivity index (χ4n) is 1.17. The van der Waals surface area contributed by atoms with Gasteiger partial charge in [-0.3, -0.25) is 4.79 Å². The number of nitrogens with zero attached hydrogens (tertiary/aromatic N) is 1. The molecule has 1 aromatic rings. The maximum Gasteiger partial charge on any atom is 0.240 e. The summed E-state index contributed by atoms with van der Waals surface area (Å²) in [5, 5.41) is 8.96. The van der Waals surface area contributed by atoms with E-state index in [-0.39, 0.29) is 17.1 Å². The Morgan fingerprint density at radius 2 is 2.20 bits per heavy atom. The van der Waals surface area contributed by atoms with Gasteiger partial charge in [0, 0.05) is 11.5 Å². The van der Waals surface area contributed by atoms with Gasteiger partial charge in [-0.1, -0.05) is 0 Å². The fourth-order valence-corrected chi connectivity index (χ4v) is 3.61. The first-order chi connectivity index (χ1) is 7.33. The number of nitriles is 1. The average Bonchev–Trinajstić information content (AvgIpc) is 2.91. The number of hydrogen-bond donors (Lipinski definition) is 0. The van der Waals surface area contributed by atoms with Crippen molar-refractivity contribution in [1.82, 2.24) is 0 Å². The van der Waals surface area contributed by atoms with Crippen molar-refractivity contribution in [3.63, 3.8) is 0 Å². The number of rotatable bonds is 2. The average molecular weight is 237 g/mol. The zero-order valence-corrected chi connectivity index (χ0v) is 9.36. The molecule has 1 aliphatic rings. The second kappa shape index (κ2) is 4.60. The van der Waals surface area contributed by atoms with E-state index >= 15 is 0 Å². The van der Waals surface area contributed by atoms with Crippen LogP contribution in [0.3, 0.4) is 0 Å². The van der Waals surface area contributed by atoms with Crippen LogP contribution in [-0.4, -0.2) is 17.3 Å². The van der Waals surface area contributed by atoms with Crippen LogP contribution in [0.1, 0.15) is 10.6 Å². The van der Waals surface area contributed by atoms with E-state index in [1.807, 2.05) is 6.07 Å². The van der Waals surface area contributed by atoms with Gasteiger partial charge in [0.2, 0.25) is 5.78 Å². The first kappa shape index (κ1) is 10.4. The van der Waals surface area contributed by atoms with E-state index in [1.54, 1.807) is 35.7 Å². The molecular formula is C10H7NO2S2. The van der Waals surface area contributed by atoms with E-state index in [2.05, 4.69) is 0 Å². The Balaban J connectivity index is 2.33. The smallest absolute Gasteiger partial charge is 0.240 e. The molecule has 1 saturated heterocycles. The molecule has 15 heavy (non-hydrogen) atoms. The van der Waals surface area contributed by atoms with Crippen LogP contribution in [0.4, 0.5) is 0 Å². The van der Waals surface area contributed by atoms with Gasteiger partial charge < -0.3 is 4.42 Å². The highest BCUT2D eigenvalue weighted by Gasteiger charge is 2.22. The van der Waals surface area contributed by atoms with Crippen LogP contribution in [0.2, 0.25) is 0 Å². The van der Waals surface area contributed by atoms with Crippen molar-refractivity contribution < 1.29 is 9.21 Å². The number of carbonyl (C=O) groups is 1. The van der Waals surface area contributed by atoms with E-state index in [0.29, 0.717) is 0 Å². The molecule has 3 nitrogen and oxygen atoms in total.